The molecule has 0 bridgehead atoms. The van der Waals surface area contributed by atoms with E-state index in [1.165, 1.54) is 112 Å². The van der Waals surface area contributed by atoms with Crippen molar-refractivity contribution >= 4 is 31.9 Å². The van der Waals surface area contributed by atoms with Crippen LogP contribution in [0.1, 0.15) is 147 Å². The molecule has 0 aromatic heterocycles. The van der Waals surface area contributed by atoms with Gasteiger partial charge in [0.1, 0.15) is 9.90 Å². The molecule has 0 rings (SSSR count). The van der Waals surface area contributed by atoms with Crippen molar-refractivity contribution in [3.05, 3.63) is 0 Å². The predicted molar refractivity (Wildman–Crippen MR) is 190 cm³/mol. The summed E-state index contributed by atoms with van der Waals surface area (Å²) in [5.74, 6) is 4.46. The Balaban J connectivity index is 4.53. The van der Waals surface area contributed by atoms with E-state index in [-0.39, 0.29) is 0 Å². The Morgan fingerprint density at radius 1 is 0.325 bits per heavy atom. The summed E-state index contributed by atoms with van der Waals surface area (Å²) in [6.45, 7) is 36.7. The lowest BCUT2D eigenvalue weighted by molar-refractivity contribution is -0.944. The standard InChI is InChI=1S/C36H76Br2N2/c1-29(2)23-39(24-30(3)4,25-31(5)6)35(37)21-19-17-15-13-14-16-18-20-22-36(38)40(26-32(7)8,27-33(9)10)28-34(11)12/h29-36H,13-28H2,1-12H3/q+2. The molecule has 0 fully saturated rings. The van der Waals surface area contributed by atoms with E-state index in [1.807, 2.05) is 0 Å². The van der Waals surface area contributed by atoms with Gasteiger partial charge in [-0.05, 0) is 44.7 Å². The summed E-state index contributed by atoms with van der Waals surface area (Å²) >= 11 is 8.46. The van der Waals surface area contributed by atoms with Crippen LogP contribution in [0.15, 0.2) is 0 Å². The molecule has 0 aliphatic carbocycles. The molecule has 2 nitrogen and oxygen atoms in total. The van der Waals surface area contributed by atoms with Crippen LogP contribution in [0.5, 0.6) is 0 Å². The third kappa shape index (κ3) is 17.9. The highest BCUT2D eigenvalue weighted by molar-refractivity contribution is 9.09. The van der Waals surface area contributed by atoms with Crippen molar-refractivity contribution < 1.29 is 8.97 Å². The van der Waals surface area contributed by atoms with Crippen molar-refractivity contribution in [2.24, 2.45) is 35.5 Å². The summed E-state index contributed by atoms with van der Waals surface area (Å²) in [7, 11) is 0. The first-order valence-electron chi connectivity index (χ1n) is 17.5. The van der Waals surface area contributed by atoms with Gasteiger partial charge in [-0.3, -0.25) is 0 Å². The molecule has 2 unspecified atom stereocenters. The van der Waals surface area contributed by atoms with Crippen LogP contribution in [0.4, 0.5) is 0 Å². The molecule has 0 saturated carbocycles. The van der Waals surface area contributed by atoms with Crippen LogP contribution in [0.2, 0.25) is 0 Å². The number of alkyl halides is 2. The molecule has 40 heavy (non-hydrogen) atoms. The number of quaternary nitrogens is 2. The molecule has 0 spiro atoms. The molecule has 0 aliphatic heterocycles. The van der Waals surface area contributed by atoms with Gasteiger partial charge >= 0.3 is 0 Å². The van der Waals surface area contributed by atoms with E-state index in [1.54, 1.807) is 0 Å². The number of rotatable bonds is 25. The highest BCUT2D eigenvalue weighted by atomic mass is 79.9. The van der Waals surface area contributed by atoms with Crippen LogP contribution < -0.4 is 0 Å². The topological polar surface area (TPSA) is 0 Å². The highest BCUT2D eigenvalue weighted by Crippen LogP contribution is 2.31. The smallest absolute Gasteiger partial charge is 0.144 e. The zero-order chi connectivity index (χ0) is 30.9. The van der Waals surface area contributed by atoms with Crippen molar-refractivity contribution in [2.75, 3.05) is 39.3 Å². The van der Waals surface area contributed by atoms with Gasteiger partial charge in [-0.2, -0.15) is 0 Å². The normalized spacial score (nSPS) is 15.0. The number of unbranched alkanes of at least 4 members (excludes halogenated alkanes) is 7. The lowest BCUT2D eigenvalue weighted by Gasteiger charge is -2.46. The molecule has 0 amide bonds. The average molecular weight is 697 g/mol. The molecule has 2 atom stereocenters. The average Bonchev–Trinajstić information content (AvgIpc) is 2.76. The van der Waals surface area contributed by atoms with Gasteiger partial charge in [0.2, 0.25) is 0 Å². The van der Waals surface area contributed by atoms with Gasteiger partial charge in [0.05, 0.1) is 39.3 Å². The first kappa shape index (κ1) is 40.9. The Morgan fingerprint density at radius 3 is 0.675 bits per heavy atom. The first-order valence-corrected chi connectivity index (χ1v) is 19.4. The van der Waals surface area contributed by atoms with Gasteiger partial charge in [-0.25, -0.2) is 0 Å². The second-order valence-electron chi connectivity index (χ2n) is 16.2. The van der Waals surface area contributed by atoms with Crippen LogP contribution in [-0.4, -0.2) is 58.1 Å². The van der Waals surface area contributed by atoms with Gasteiger partial charge in [0, 0.05) is 48.3 Å². The molecular weight excluding hydrogens is 620 g/mol. The van der Waals surface area contributed by atoms with Crippen molar-refractivity contribution in [2.45, 2.75) is 157 Å². The lowest BCUT2D eigenvalue weighted by Crippen LogP contribution is -2.58. The van der Waals surface area contributed by atoms with Crippen LogP contribution in [0.25, 0.3) is 0 Å². The first-order chi connectivity index (χ1) is 18.5. The summed E-state index contributed by atoms with van der Waals surface area (Å²) in [6, 6.07) is 0. The Labute approximate surface area is 271 Å². The molecular formula is C36H76Br2N2+2. The van der Waals surface area contributed by atoms with E-state index < -0.39 is 0 Å². The monoisotopic (exact) mass is 694 g/mol. The summed E-state index contributed by atoms with van der Waals surface area (Å²) in [6.07, 6.45) is 13.8. The van der Waals surface area contributed by atoms with Gasteiger partial charge in [-0.1, -0.05) is 122 Å². The maximum atomic E-state index is 4.23. The van der Waals surface area contributed by atoms with Gasteiger partial charge in [0.25, 0.3) is 0 Å². The van der Waals surface area contributed by atoms with E-state index in [0.29, 0.717) is 9.90 Å². The Kier molecular flexibility index (Phi) is 22.0. The van der Waals surface area contributed by atoms with E-state index in [9.17, 15) is 0 Å². The minimum atomic E-state index is 0.601. The fourth-order valence-electron chi connectivity index (χ4n) is 7.73. The Bertz CT molecular complexity index is 495. The lowest BCUT2D eigenvalue weighted by atomic mass is 10.0. The summed E-state index contributed by atoms with van der Waals surface area (Å²) in [5.41, 5.74) is 0. The molecule has 0 saturated heterocycles. The molecule has 0 radical (unpaired) electrons. The molecule has 0 N–H and O–H groups in total. The van der Waals surface area contributed by atoms with Crippen LogP contribution in [0, 0.1) is 35.5 Å². The minimum Gasteiger partial charge on any atom is -0.312 e. The minimum absolute atomic E-state index is 0.601. The number of hydrogen-bond acceptors (Lipinski definition) is 0. The van der Waals surface area contributed by atoms with Gasteiger partial charge in [-0.15, -0.1) is 0 Å². The molecule has 242 valence electrons. The van der Waals surface area contributed by atoms with E-state index in [4.69, 9.17) is 0 Å². The van der Waals surface area contributed by atoms with Crippen LogP contribution in [0.3, 0.4) is 0 Å². The maximum Gasteiger partial charge on any atom is 0.144 e. The Hall–Kier alpha value is 0.880. The fraction of sp³-hybridized carbons (Fsp3) is 1.00. The summed E-state index contributed by atoms with van der Waals surface area (Å²) in [5, 5.41) is 0. The van der Waals surface area contributed by atoms with E-state index >= 15 is 0 Å². The van der Waals surface area contributed by atoms with E-state index in [0.717, 1.165) is 35.5 Å². The number of halogens is 2. The molecule has 4 heteroatoms. The van der Waals surface area contributed by atoms with Crippen molar-refractivity contribution in [1.82, 2.24) is 0 Å². The van der Waals surface area contributed by atoms with Crippen LogP contribution >= 0.6 is 31.9 Å². The van der Waals surface area contributed by atoms with Gasteiger partial charge < -0.3 is 8.97 Å². The SMILES string of the molecule is CC(C)C[N+](CC(C)C)(CC(C)C)C(Br)CCCCCCCCCCC(Br)[N+](CC(C)C)(CC(C)C)CC(C)C. The highest BCUT2D eigenvalue weighted by Gasteiger charge is 2.38. The second-order valence-corrected chi connectivity index (χ2v) is 18.3. The molecule has 0 aliphatic rings. The third-order valence-electron chi connectivity index (χ3n) is 8.20. The van der Waals surface area contributed by atoms with Crippen molar-refractivity contribution in [1.29, 1.82) is 0 Å². The molecule has 0 aromatic rings. The largest absolute Gasteiger partial charge is 0.312 e. The zero-order valence-electron chi connectivity index (χ0n) is 29.6. The quantitative estimate of drug-likeness (QED) is 0.0386. The van der Waals surface area contributed by atoms with E-state index in [2.05, 4.69) is 115 Å². The second kappa shape index (κ2) is 21.6. The molecule has 0 heterocycles. The fourth-order valence-corrected chi connectivity index (χ4v) is 9.38. The zero-order valence-corrected chi connectivity index (χ0v) is 32.8. The van der Waals surface area contributed by atoms with Crippen LogP contribution in [-0.2, 0) is 0 Å². The third-order valence-corrected chi connectivity index (χ3v) is 10.8. The van der Waals surface area contributed by atoms with Crippen molar-refractivity contribution in [3.63, 3.8) is 0 Å². The Morgan fingerprint density at radius 2 is 0.500 bits per heavy atom. The predicted octanol–water partition coefficient (Wildman–Crippen LogP) is 11.9. The number of nitrogens with zero attached hydrogens (tertiary/aromatic N) is 2. The summed E-state index contributed by atoms with van der Waals surface area (Å²) < 4.78 is 2.51. The molecule has 0 aromatic carbocycles. The maximum absolute atomic E-state index is 4.23. The summed E-state index contributed by atoms with van der Waals surface area (Å²) in [4.78, 5) is 1.20. The van der Waals surface area contributed by atoms with Gasteiger partial charge in [0.15, 0.2) is 0 Å². The van der Waals surface area contributed by atoms with Crippen molar-refractivity contribution in [3.8, 4) is 0 Å². The number of hydrogen-bond donors (Lipinski definition) is 0.